The molecule has 0 radical (unpaired) electrons. The van der Waals surface area contributed by atoms with Crippen LogP contribution in [-0.2, 0) is 4.74 Å². The van der Waals surface area contributed by atoms with Gasteiger partial charge in [-0.3, -0.25) is 0 Å². The molecule has 1 unspecified atom stereocenters. The number of halogens is 2. The zero-order valence-electron chi connectivity index (χ0n) is 23.7. The summed E-state index contributed by atoms with van der Waals surface area (Å²) in [5.41, 5.74) is 2.64. The van der Waals surface area contributed by atoms with Gasteiger partial charge in [0.05, 0.1) is 17.7 Å². The first-order chi connectivity index (χ1) is 19.1. The van der Waals surface area contributed by atoms with Gasteiger partial charge >= 0.3 is 0 Å². The van der Waals surface area contributed by atoms with Crippen LogP contribution in [0.2, 0.25) is 0 Å². The van der Waals surface area contributed by atoms with Gasteiger partial charge in [-0.05, 0) is 53.0 Å². The lowest BCUT2D eigenvalue weighted by molar-refractivity contribution is 0.215. The highest BCUT2D eigenvalue weighted by atomic mass is 79.9. The van der Waals surface area contributed by atoms with Gasteiger partial charge in [0.15, 0.2) is 18.2 Å². The van der Waals surface area contributed by atoms with Crippen LogP contribution in [-0.4, -0.2) is 18.5 Å². The molecule has 210 valence electrons. The third kappa shape index (κ3) is 8.34. The van der Waals surface area contributed by atoms with E-state index in [0.717, 1.165) is 48.5 Å². The molecule has 0 N–H and O–H groups in total. The highest BCUT2D eigenvalue weighted by Gasteiger charge is 2.41. The Balaban J connectivity index is 1.52. The van der Waals surface area contributed by atoms with Crippen LogP contribution in [0.25, 0.3) is 5.57 Å². The molecule has 0 amide bonds. The van der Waals surface area contributed by atoms with Gasteiger partial charge < -0.3 is 9.47 Å². The highest BCUT2D eigenvalue weighted by Crippen LogP contribution is 2.47. The second-order valence-electron chi connectivity index (χ2n) is 10.7. The Bertz CT molecular complexity index is 1180. The molecule has 1 aliphatic carbocycles. The van der Waals surface area contributed by atoms with Crippen molar-refractivity contribution in [3.8, 4) is 5.75 Å². The topological polar surface area (TPSA) is 18.5 Å². The minimum atomic E-state index is -0.594. The van der Waals surface area contributed by atoms with Gasteiger partial charge in [-0.1, -0.05) is 112 Å². The van der Waals surface area contributed by atoms with Crippen molar-refractivity contribution < 1.29 is 9.47 Å². The third-order valence-corrected chi connectivity index (χ3v) is 11.4. The molecule has 2 nitrogen and oxygen atoms in total. The first-order valence-electron chi connectivity index (χ1n) is 15.0. The molecule has 0 saturated carbocycles. The van der Waals surface area contributed by atoms with Crippen LogP contribution in [0.4, 0.5) is 0 Å². The van der Waals surface area contributed by atoms with E-state index in [-0.39, 0.29) is 0 Å². The molecule has 2 aromatic rings. The number of fused-ring (bicyclic) bond motifs is 3. The average molecular weight is 676 g/mol. The van der Waals surface area contributed by atoms with Crippen molar-refractivity contribution in [3.05, 3.63) is 68.8 Å². The van der Waals surface area contributed by atoms with E-state index in [2.05, 4.69) is 94.2 Å². The van der Waals surface area contributed by atoms with Crippen molar-refractivity contribution in [2.45, 2.75) is 97.3 Å². The number of hydrogen-bond acceptors (Lipinski definition) is 2. The van der Waals surface area contributed by atoms with Crippen LogP contribution in [0.3, 0.4) is 0 Å². The van der Waals surface area contributed by atoms with Crippen LogP contribution >= 0.6 is 39.4 Å². The number of allylic oxidation sites excluding steroid dienone is 3. The summed E-state index contributed by atoms with van der Waals surface area (Å²) in [6.45, 7) is 6.08. The maximum absolute atomic E-state index is 6.35. The van der Waals surface area contributed by atoms with Crippen molar-refractivity contribution in [3.63, 3.8) is 0 Å². The zero-order valence-corrected chi connectivity index (χ0v) is 27.8. The fourth-order valence-corrected chi connectivity index (χ4v) is 9.51. The molecular formula is C34H44Br2O2P+. The van der Waals surface area contributed by atoms with Crippen molar-refractivity contribution in [1.82, 2.24) is 0 Å². The van der Waals surface area contributed by atoms with E-state index in [1.54, 1.807) is 0 Å². The van der Waals surface area contributed by atoms with E-state index in [1.165, 1.54) is 95.7 Å². The summed E-state index contributed by atoms with van der Waals surface area (Å²) in [6, 6.07) is 15.6. The maximum Gasteiger partial charge on any atom is 0.175 e. The van der Waals surface area contributed by atoms with Crippen molar-refractivity contribution in [1.29, 1.82) is 0 Å². The molecule has 39 heavy (non-hydrogen) atoms. The van der Waals surface area contributed by atoms with Crippen LogP contribution < -0.4 is 15.3 Å². The van der Waals surface area contributed by atoms with E-state index in [9.17, 15) is 0 Å². The molecule has 0 saturated heterocycles. The molecular weight excluding hydrogens is 631 g/mol. The van der Waals surface area contributed by atoms with Gasteiger partial charge in [0.25, 0.3) is 0 Å². The smallest absolute Gasteiger partial charge is 0.175 e. The van der Waals surface area contributed by atoms with Crippen LogP contribution in [0.15, 0.2) is 63.3 Å². The molecule has 1 atom stereocenters. The maximum atomic E-state index is 6.35. The number of rotatable bonds is 17. The zero-order chi connectivity index (χ0) is 27.5. The Hall–Kier alpha value is -1.35. The Morgan fingerprint density at radius 3 is 2.03 bits per heavy atom. The van der Waals surface area contributed by atoms with Crippen molar-refractivity contribution in [2.75, 3.05) is 13.2 Å². The third-order valence-electron chi connectivity index (χ3n) is 7.55. The van der Waals surface area contributed by atoms with Crippen LogP contribution in [0.5, 0.6) is 5.75 Å². The second kappa shape index (κ2) is 16.2. The molecule has 4 rings (SSSR count). The van der Waals surface area contributed by atoms with Crippen LogP contribution in [0.1, 0.15) is 103 Å². The Kier molecular flexibility index (Phi) is 12.7. The fraction of sp³-hybridized carbons (Fsp3) is 0.500. The van der Waals surface area contributed by atoms with Crippen molar-refractivity contribution >= 4 is 60.9 Å². The highest BCUT2D eigenvalue weighted by molar-refractivity contribution is 9.11. The lowest BCUT2D eigenvalue weighted by Crippen LogP contribution is -2.10. The Morgan fingerprint density at radius 2 is 1.36 bits per heavy atom. The summed E-state index contributed by atoms with van der Waals surface area (Å²) in [4.78, 5) is 0. The predicted molar refractivity (Wildman–Crippen MR) is 179 cm³/mol. The number of benzene rings is 2. The first kappa shape index (κ1) is 30.6. The monoisotopic (exact) mass is 673 g/mol. The predicted octanol–water partition coefficient (Wildman–Crippen LogP) is 10.6. The van der Waals surface area contributed by atoms with E-state index in [4.69, 9.17) is 9.47 Å². The average Bonchev–Trinajstić information content (AvgIpc) is 3.24. The molecule has 5 heteroatoms. The van der Waals surface area contributed by atoms with Gasteiger partial charge in [-0.25, -0.2) is 0 Å². The minimum absolute atomic E-state index is 0.594. The standard InChI is InChI=1S/C34H44Br2O2P/c1-3-5-7-9-11-16-20-37-31-22-27-28-23-32(38-21-17-12-10-8-6-4-2)30(36)25-34(28)39(33(27)24-29(31)35)26-18-14-13-15-19-26/h13-15,18-19,22-24H,3-12,16-17,20-21,25H2,1-2H3/q+1. The van der Waals surface area contributed by atoms with E-state index >= 15 is 0 Å². The van der Waals surface area contributed by atoms with Crippen molar-refractivity contribution in [2.24, 2.45) is 0 Å². The summed E-state index contributed by atoms with van der Waals surface area (Å²) >= 11 is 7.75. The van der Waals surface area contributed by atoms with E-state index in [1.807, 2.05) is 0 Å². The molecule has 0 bridgehead atoms. The molecule has 1 aliphatic heterocycles. The normalized spacial score (nSPS) is 15.3. The summed E-state index contributed by atoms with van der Waals surface area (Å²) in [6.07, 6.45) is 18.4. The summed E-state index contributed by atoms with van der Waals surface area (Å²) < 4.78 is 14.9. The molecule has 0 fully saturated rings. The second-order valence-corrected chi connectivity index (χ2v) is 14.7. The fourth-order valence-electron chi connectivity index (χ4n) is 5.38. The molecule has 0 spiro atoms. The van der Waals surface area contributed by atoms with Gasteiger partial charge in [-0.15, -0.1) is 0 Å². The van der Waals surface area contributed by atoms with Gasteiger partial charge in [-0.2, -0.15) is 0 Å². The lowest BCUT2D eigenvalue weighted by atomic mass is 9.96. The summed E-state index contributed by atoms with van der Waals surface area (Å²) in [5, 5.41) is 4.32. The molecule has 2 aromatic carbocycles. The molecule has 0 aromatic heterocycles. The van der Waals surface area contributed by atoms with Crippen LogP contribution in [0, 0.1) is 0 Å². The van der Waals surface area contributed by atoms with Gasteiger partial charge in [0.2, 0.25) is 0 Å². The summed E-state index contributed by atoms with van der Waals surface area (Å²) in [5.74, 6) is 1.95. The minimum Gasteiger partial charge on any atom is -0.493 e. The van der Waals surface area contributed by atoms with E-state index < -0.39 is 7.55 Å². The summed E-state index contributed by atoms with van der Waals surface area (Å²) in [7, 11) is -0.594. The van der Waals surface area contributed by atoms with Gasteiger partial charge in [0.1, 0.15) is 16.8 Å². The number of unbranched alkanes of at least 4 members (excludes halogenated alkanes) is 10. The quantitative estimate of drug-likeness (QED) is 0.123. The first-order valence-corrected chi connectivity index (χ1v) is 18.0. The Morgan fingerprint density at radius 1 is 0.744 bits per heavy atom. The molecule has 2 aliphatic rings. The number of hydrogen-bond donors (Lipinski definition) is 0. The van der Waals surface area contributed by atoms with Gasteiger partial charge in [0, 0.05) is 28.1 Å². The van der Waals surface area contributed by atoms with E-state index in [0.29, 0.717) is 0 Å². The largest absolute Gasteiger partial charge is 0.493 e. The Labute approximate surface area is 254 Å². The number of ether oxygens (including phenoxy) is 2. The molecule has 1 heterocycles. The SMILES string of the molecule is CCCCCCCCOC1=C(Br)CC2=[P+](c3ccccc3)c3cc(Br)c(OCCCCCCCC)cc3C2=C1. The lowest BCUT2D eigenvalue weighted by Gasteiger charge is -2.16.